The third-order valence-corrected chi connectivity index (χ3v) is 13.9. The molecule has 5 aliphatic carbocycles. The zero-order valence-corrected chi connectivity index (χ0v) is 26.4. The van der Waals surface area contributed by atoms with Crippen molar-refractivity contribution in [3.05, 3.63) is 0 Å². The van der Waals surface area contributed by atoms with E-state index in [2.05, 4.69) is 27.7 Å². The highest BCUT2D eigenvalue weighted by Gasteiger charge is 2.53. The molecule has 0 aliphatic heterocycles. The van der Waals surface area contributed by atoms with Gasteiger partial charge in [-0.2, -0.15) is 0 Å². The molecule has 232 valence electrons. The molecule has 40 heavy (non-hydrogen) atoms. The second-order valence-corrected chi connectivity index (χ2v) is 16.5. The summed E-state index contributed by atoms with van der Waals surface area (Å²) < 4.78 is 0. The minimum Gasteiger partial charge on any atom is -0.393 e. The molecule has 0 aromatic rings. The van der Waals surface area contributed by atoms with Crippen LogP contribution in [0, 0.1) is 64.6 Å². The Morgan fingerprint density at radius 3 is 1.30 bits per heavy atom. The zero-order chi connectivity index (χ0) is 28.6. The Labute approximate surface area is 246 Å². The molecule has 14 atom stereocenters. The molecule has 5 rings (SSSR count). The smallest absolute Gasteiger partial charge is 0.0594 e. The maximum atomic E-state index is 11.5. The van der Waals surface area contributed by atoms with E-state index in [4.69, 9.17) is 0 Å². The molecule has 4 nitrogen and oxygen atoms in total. The van der Waals surface area contributed by atoms with Crippen molar-refractivity contribution in [3.63, 3.8) is 0 Å². The van der Waals surface area contributed by atoms with Crippen LogP contribution in [0.3, 0.4) is 0 Å². The minimum atomic E-state index is -0.182. The normalized spacial score (nSPS) is 50.4. The molecule has 0 spiro atoms. The van der Waals surface area contributed by atoms with Crippen molar-refractivity contribution in [2.45, 2.75) is 161 Å². The Morgan fingerprint density at radius 1 is 0.475 bits per heavy atom. The van der Waals surface area contributed by atoms with Gasteiger partial charge in [0, 0.05) is 0 Å². The SMILES string of the molecule is CC1CC(O)CCC1CC1CC(C2(C3CC(C)C(O)C(CC4CCC(O)CC4C)C3)CCCCC2)CC(C)C1O. The van der Waals surface area contributed by atoms with Gasteiger partial charge in [-0.3, -0.25) is 0 Å². The Morgan fingerprint density at radius 2 is 0.900 bits per heavy atom. The van der Waals surface area contributed by atoms with Crippen LogP contribution < -0.4 is 0 Å². The van der Waals surface area contributed by atoms with Gasteiger partial charge in [0.1, 0.15) is 0 Å². The Bertz CT molecular complexity index is 736. The van der Waals surface area contributed by atoms with Crippen LogP contribution in [0.4, 0.5) is 0 Å². The van der Waals surface area contributed by atoms with E-state index in [1.807, 2.05) is 0 Å². The zero-order valence-electron chi connectivity index (χ0n) is 26.4. The number of aliphatic hydroxyl groups is 4. The van der Waals surface area contributed by atoms with Crippen LogP contribution in [-0.4, -0.2) is 44.8 Å². The summed E-state index contributed by atoms with van der Waals surface area (Å²) in [7, 11) is 0. The molecule has 0 bridgehead atoms. The first-order chi connectivity index (χ1) is 19.1. The van der Waals surface area contributed by atoms with Crippen LogP contribution in [0.2, 0.25) is 0 Å². The molecule has 0 saturated heterocycles. The second-order valence-electron chi connectivity index (χ2n) is 16.5. The van der Waals surface area contributed by atoms with E-state index < -0.39 is 0 Å². The van der Waals surface area contributed by atoms with Crippen LogP contribution in [0.25, 0.3) is 0 Å². The van der Waals surface area contributed by atoms with Crippen molar-refractivity contribution in [2.24, 2.45) is 64.6 Å². The Hall–Kier alpha value is -0.160. The van der Waals surface area contributed by atoms with Gasteiger partial charge < -0.3 is 20.4 Å². The number of aliphatic hydroxyl groups excluding tert-OH is 4. The van der Waals surface area contributed by atoms with Crippen LogP contribution in [-0.2, 0) is 0 Å². The third-order valence-electron chi connectivity index (χ3n) is 13.9. The summed E-state index contributed by atoms with van der Waals surface area (Å²) in [5, 5.41) is 43.3. The molecule has 0 aromatic heterocycles. The van der Waals surface area contributed by atoms with Gasteiger partial charge >= 0.3 is 0 Å². The Kier molecular flexibility index (Phi) is 10.3. The molecule has 4 N–H and O–H groups in total. The predicted octanol–water partition coefficient (Wildman–Crippen LogP) is 7.36. The average molecular weight is 561 g/mol. The van der Waals surface area contributed by atoms with E-state index in [0.29, 0.717) is 64.6 Å². The van der Waals surface area contributed by atoms with E-state index in [1.165, 1.54) is 57.8 Å². The van der Waals surface area contributed by atoms with Gasteiger partial charge in [-0.15, -0.1) is 0 Å². The van der Waals surface area contributed by atoms with Gasteiger partial charge in [-0.05, 0) is 154 Å². The Balaban J connectivity index is 1.34. The fourth-order valence-corrected chi connectivity index (χ4v) is 11.4. The standard InChI is InChI=1S/C36H64O4/c1-22-16-32(37)10-8-26(22)18-28-20-30(14-24(3)34(28)39)36(12-6-5-7-13-36)31-15-25(4)35(40)29(21-31)19-27-9-11-33(38)17-23(27)2/h22-35,37-40H,5-21H2,1-4H3. The number of hydrogen-bond acceptors (Lipinski definition) is 4. The quantitative estimate of drug-likeness (QED) is 0.274. The molecule has 0 heterocycles. The van der Waals surface area contributed by atoms with Gasteiger partial charge in [-0.25, -0.2) is 0 Å². The lowest BCUT2D eigenvalue weighted by molar-refractivity contribution is -0.109. The van der Waals surface area contributed by atoms with Crippen molar-refractivity contribution in [3.8, 4) is 0 Å². The maximum Gasteiger partial charge on any atom is 0.0594 e. The summed E-state index contributed by atoms with van der Waals surface area (Å²) in [6.45, 7) is 9.30. The average Bonchev–Trinajstić information content (AvgIpc) is 2.92. The lowest BCUT2D eigenvalue weighted by Crippen LogP contribution is -2.51. The first kappa shape index (κ1) is 31.3. The molecule has 5 saturated carbocycles. The third kappa shape index (κ3) is 6.66. The summed E-state index contributed by atoms with van der Waals surface area (Å²) in [4.78, 5) is 0. The van der Waals surface area contributed by atoms with E-state index in [1.54, 1.807) is 0 Å². The van der Waals surface area contributed by atoms with Crippen LogP contribution in [0.5, 0.6) is 0 Å². The van der Waals surface area contributed by atoms with Crippen LogP contribution in [0.1, 0.15) is 137 Å². The van der Waals surface area contributed by atoms with Gasteiger partial charge in [-0.1, -0.05) is 47.0 Å². The predicted molar refractivity (Wildman–Crippen MR) is 163 cm³/mol. The minimum absolute atomic E-state index is 0.127. The van der Waals surface area contributed by atoms with Crippen molar-refractivity contribution < 1.29 is 20.4 Å². The van der Waals surface area contributed by atoms with Crippen molar-refractivity contribution >= 4 is 0 Å². The molecular weight excluding hydrogens is 496 g/mol. The fourth-order valence-electron chi connectivity index (χ4n) is 11.4. The highest BCUT2D eigenvalue weighted by molar-refractivity contribution is 5.02. The molecule has 5 aliphatic rings. The number of rotatable bonds is 6. The molecule has 0 aromatic carbocycles. The maximum absolute atomic E-state index is 11.5. The van der Waals surface area contributed by atoms with Crippen molar-refractivity contribution in [1.82, 2.24) is 0 Å². The largest absolute Gasteiger partial charge is 0.393 e. The summed E-state index contributed by atoms with van der Waals surface area (Å²) in [5.74, 6) is 5.30. The van der Waals surface area contributed by atoms with Crippen LogP contribution in [0.15, 0.2) is 0 Å². The topological polar surface area (TPSA) is 80.9 Å². The number of hydrogen-bond donors (Lipinski definition) is 4. The van der Waals surface area contributed by atoms with Crippen LogP contribution >= 0.6 is 0 Å². The van der Waals surface area contributed by atoms with Gasteiger partial charge in [0.15, 0.2) is 0 Å². The highest BCUT2D eigenvalue weighted by Crippen LogP contribution is 2.60. The van der Waals surface area contributed by atoms with Gasteiger partial charge in [0.05, 0.1) is 24.4 Å². The lowest BCUT2D eigenvalue weighted by atomic mass is 9.49. The molecule has 14 unspecified atom stereocenters. The first-order valence-corrected chi connectivity index (χ1v) is 17.8. The lowest BCUT2D eigenvalue weighted by Gasteiger charge is -2.57. The fraction of sp³-hybridized carbons (Fsp3) is 1.00. The first-order valence-electron chi connectivity index (χ1n) is 17.8. The summed E-state index contributed by atoms with van der Waals surface area (Å²) in [5.41, 5.74) is 0.375. The van der Waals surface area contributed by atoms with Crippen molar-refractivity contribution in [2.75, 3.05) is 0 Å². The molecule has 0 amide bonds. The van der Waals surface area contributed by atoms with Gasteiger partial charge in [0.25, 0.3) is 0 Å². The summed E-state index contributed by atoms with van der Waals surface area (Å²) in [6.07, 6.45) is 19.1. The summed E-state index contributed by atoms with van der Waals surface area (Å²) in [6, 6.07) is 0. The molecule has 5 fully saturated rings. The molecule has 0 radical (unpaired) electrons. The van der Waals surface area contributed by atoms with E-state index in [-0.39, 0.29) is 24.4 Å². The van der Waals surface area contributed by atoms with E-state index in [0.717, 1.165) is 51.4 Å². The van der Waals surface area contributed by atoms with Gasteiger partial charge in [0.2, 0.25) is 0 Å². The van der Waals surface area contributed by atoms with E-state index in [9.17, 15) is 20.4 Å². The molecular formula is C36H64O4. The van der Waals surface area contributed by atoms with Crippen molar-refractivity contribution in [1.29, 1.82) is 0 Å². The monoisotopic (exact) mass is 560 g/mol. The highest BCUT2D eigenvalue weighted by atomic mass is 16.3. The summed E-state index contributed by atoms with van der Waals surface area (Å²) >= 11 is 0. The molecule has 4 heteroatoms. The second kappa shape index (κ2) is 13.2. The van der Waals surface area contributed by atoms with E-state index >= 15 is 0 Å².